The molecule has 1 N–H and O–H groups in total. The fourth-order valence-corrected chi connectivity index (χ4v) is 7.83. The number of hydrogen-bond donors (Lipinski definition) is 1. The van der Waals surface area contributed by atoms with E-state index in [0.29, 0.717) is 0 Å². The molecule has 7 atom stereocenters. The second kappa shape index (κ2) is 3.82. The number of aliphatic hydroxyl groups is 1. The van der Waals surface area contributed by atoms with Crippen molar-refractivity contribution in [3.05, 3.63) is 0 Å². The highest BCUT2D eigenvalue weighted by atomic mass is 28.3. The van der Waals surface area contributed by atoms with Crippen LogP contribution < -0.4 is 0 Å². The minimum atomic E-state index is -1.60. The summed E-state index contributed by atoms with van der Waals surface area (Å²) < 4.78 is 10.2. The maximum absolute atomic E-state index is 12.0. The summed E-state index contributed by atoms with van der Waals surface area (Å²) in [5.41, 5.74) is 0.244. The van der Waals surface area contributed by atoms with E-state index in [9.17, 15) is 14.7 Å². The van der Waals surface area contributed by atoms with Crippen LogP contribution in [0.15, 0.2) is 0 Å². The van der Waals surface area contributed by atoms with Crippen molar-refractivity contribution in [2.24, 2.45) is 23.7 Å². The van der Waals surface area contributed by atoms with Gasteiger partial charge in [-0.25, -0.2) is 0 Å². The number of aliphatic hydroxyl groups excluding tert-OH is 1. The fourth-order valence-electron chi connectivity index (χ4n) is 4.72. The molecule has 3 rings (SSSR count). The summed E-state index contributed by atoms with van der Waals surface area (Å²) in [6.45, 7) is 6.66. The Labute approximate surface area is 113 Å². The maximum Gasteiger partial charge on any atom is 0.310 e. The zero-order chi connectivity index (χ0) is 14.1. The van der Waals surface area contributed by atoms with Gasteiger partial charge < -0.3 is 14.6 Å². The van der Waals surface area contributed by atoms with Crippen LogP contribution in [0.1, 0.15) is 0 Å². The van der Waals surface area contributed by atoms with Gasteiger partial charge >= 0.3 is 11.9 Å². The van der Waals surface area contributed by atoms with E-state index in [1.54, 1.807) is 0 Å². The number of ether oxygens (including phenoxy) is 2. The van der Waals surface area contributed by atoms with E-state index in [1.165, 1.54) is 7.11 Å². The average molecular weight is 284 g/mol. The van der Waals surface area contributed by atoms with Gasteiger partial charge in [0.2, 0.25) is 0 Å². The lowest BCUT2D eigenvalue weighted by atomic mass is 9.78. The van der Waals surface area contributed by atoms with Crippen molar-refractivity contribution in [3.63, 3.8) is 0 Å². The molecule has 0 radical (unpaired) electrons. The number of methoxy groups -OCH3 is 1. The van der Waals surface area contributed by atoms with E-state index in [2.05, 4.69) is 19.6 Å². The highest BCUT2D eigenvalue weighted by molar-refractivity contribution is 6.77. The molecule has 106 valence electrons. The zero-order valence-electron chi connectivity index (χ0n) is 11.6. The first-order chi connectivity index (χ1) is 8.79. The predicted molar refractivity (Wildman–Crippen MR) is 69.0 cm³/mol. The van der Waals surface area contributed by atoms with Crippen LogP contribution in [-0.2, 0) is 19.1 Å². The average Bonchev–Trinajstić information content (AvgIpc) is 2.88. The first kappa shape index (κ1) is 13.1. The SMILES string of the molecule is COC(=O)[C@H]1[C@@H]2C(=O)O[C@@H]3[C@@H](O)[C@H]1[C@@H]([Si](C)(C)C)[C@@H]32. The fraction of sp³-hybridized carbons (Fsp3) is 0.846. The number of carbonyl (C=O) groups excluding carboxylic acids is 2. The molecule has 1 heterocycles. The Kier molecular flexibility index (Phi) is 2.64. The topological polar surface area (TPSA) is 72.8 Å². The van der Waals surface area contributed by atoms with Gasteiger partial charge in [0.15, 0.2) is 0 Å². The molecular weight excluding hydrogens is 264 g/mol. The third kappa shape index (κ3) is 1.50. The first-order valence-corrected chi connectivity index (χ1v) is 10.3. The van der Waals surface area contributed by atoms with Crippen LogP contribution >= 0.6 is 0 Å². The third-order valence-electron chi connectivity index (χ3n) is 5.15. The number of rotatable bonds is 2. The molecule has 6 heteroatoms. The van der Waals surface area contributed by atoms with Gasteiger partial charge in [0.25, 0.3) is 0 Å². The Morgan fingerprint density at radius 1 is 1.32 bits per heavy atom. The Hall–Kier alpha value is -0.883. The summed E-state index contributed by atoms with van der Waals surface area (Å²) >= 11 is 0. The lowest BCUT2D eigenvalue weighted by Gasteiger charge is -2.30. The lowest BCUT2D eigenvalue weighted by molar-refractivity contribution is -0.153. The smallest absolute Gasteiger partial charge is 0.310 e. The van der Waals surface area contributed by atoms with Crippen molar-refractivity contribution in [1.82, 2.24) is 0 Å². The quantitative estimate of drug-likeness (QED) is 0.595. The van der Waals surface area contributed by atoms with E-state index >= 15 is 0 Å². The van der Waals surface area contributed by atoms with Crippen molar-refractivity contribution in [3.8, 4) is 0 Å². The normalized spacial score (nSPS) is 47.4. The number of hydrogen-bond acceptors (Lipinski definition) is 5. The molecule has 2 saturated carbocycles. The van der Waals surface area contributed by atoms with Gasteiger partial charge in [-0.3, -0.25) is 9.59 Å². The van der Waals surface area contributed by atoms with Crippen molar-refractivity contribution < 1.29 is 24.2 Å². The van der Waals surface area contributed by atoms with E-state index < -0.39 is 32.1 Å². The van der Waals surface area contributed by atoms with Crippen molar-refractivity contribution >= 4 is 20.0 Å². The summed E-state index contributed by atoms with van der Waals surface area (Å²) in [6.07, 6.45) is -1.12. The number of esters is 2. The second-order valence-corrected chi connectivity index (χ2v) is 12.4. The molecule has 2 aliphatic carbocycles. The Balaban J connectivity index is 2.07. The van der Waals surface area contributed by atoms with Crippen molar-refractivity contribution in [2.45, 2.75) is 37.4 Å². The third-order valence-corrected chi connectivity index (χ3v) is 7.92. The largest absolute Gasteiger partial charge is 0.469 e. The summed E-state index contributed by atoms with van der Waals surface area (Å²) in [4.78, 5) is 24.0. The molecule has 0 aromatic carbocycles. The van der Waals surface area contributed by atoms with Gasteiger partial charge in [0, 0.05) is 19.9 Å². The number of carbonyl (C=O) groups is 2. The molecule has 1 aliphatic heterocycles. The molecule has 0 spiro atoms. The Morgan fingerprint density at radius 3 is 2.47 bits per heavy atom. The molecule has 0 amide bonds. The highest BCUT2D eigenvalue weighted by Crippen LogP contribution is 2.66. The van der Waals surface area contributed by atoms with Crippen LogP contribution in [0, 0.1) is 23.7 Å². The van der Waals surface area contributed by atoms with E-state index in [0.717, 1.165) is 0 Å². The van der Waals surface area contributed by atoms with E-state index in [4.69, 9.17) is 9.47 Å². The maximum atomic E-state index is 12.0. The second-order valence-electron chi connectivity index (χ2n) is 7.01. The molecule has 1 saturated heterocycles. The van der Waals surface area contributed by atoms with Crippen LogP contribution in [-0.4, -0.2) is 44.4 Å². The predicted octanol–water partition coefficient (Wildman–Crippen LogP) is 0.646. The number of fused-ring (bicyclic) bond motifs is 1. The summed E-state index contributed by atoms with van der Waals surface area (Å²) in [5, 5.41) is 10.4. The van der Waals surface area contributed by atoms with Gasteiger partial charge in [-0.1, -0.05) is 19.6 Å². The minimum Gasteiger partial charge on any atom is -0.469 e. The van der Waals surface area contributed by atoms with Gasteiger partial charge in [0.05, 0.1) is 25.0 Å². The minimum absolute atomic E-state index is 0.00302. The molecule has 19 heavy (non-hydrogen) atoms. The van der Waals surface area contributed by atoms with Gasteiger partial charge in [-0.15, -0.1) is 0 Å². The molecule has 3 aliphatic rings. The van der Waals surface area contributed by atoms with Crippen LogP contribution in [0.2, 0.25) is 25.2 Å². The molecule has 3 fully saturated rings. The van der Waals surface area contributed by atoms with Crippen LogP contribution in [0.4, 0.5) is 0 Å². The molecular formula is C13H20O5Si. The molecule has 0 aromatic rings. The van der Waals surface area contributed by atoms with Crippen LogP contribution in [0.5, 0.6) is 0 Å². The van der Waals surface area contributed by atoms with Crippen LogP contribution in [0.3, 0.4) is 0 Å². The van der Waals surface area contributed by atoms with E-state index in [1.807, 2.05) is 0 Å². The molecule has 0 unspecified atom stereocenters. The summed E-state index contributed by atoms with van der Waals surface area (Å²) in [6, 6.07) is 0. The Bertz CT molecular complexity index is 443. The monoisotopic (exact) mass is 284 g/mol. The zero-order valence-corrected chi connectivity index (χ0v) is 12.6. The van der Waals surface area contributed by atoms with Gasteiger partial charge in [0.1, 0.15) is 6.10 Å². The van der Waals surface area contributed by atoms with Gasteiger partial charge in [-0.05, 0) is 5.54 Å². The summed E-state index contributed by atoms with van der Waals surface area (Å²) in [5.74, 6) is -1.80. The van der Waals surface area contributed by atoms with Gasteiger partial charge in [-0.2, -0.15) is 0 Å². The lowest BCUT2D eigenvalue weighted by Crippen LogP contribution is -2.41. The highest BCUT2D eigenvalue weighted by Gasteiger charge is 2.74. The first-order valence-electron chi connectivity index (χ1n) is 6.75. The summed E-state index contributed by atoms with van der Waals surface area (Å²) in [7, 11) is -0.268. The standard InChI is InChI=1S/C13H20O5Si/c1-17-12(15)5-6-8-10(18-13(6)16)9(14)7(5)11(8)19(2,3)4/h5-11,14H,1-4H3/t5-,6-,7-,8+,9-,10-,11+/m0/s1. The van der Waals surface area contributed by atoms with E-state index in [-0.39, 0.29) is 29.3 Å². The van der Waals surface area contributed by atoms with Crippen molar-refractivity contribution in [2.75, 3.05) is 7.11 Å². The molecule has 5 nitrogen and oxygen atoms in total. The van der Waals surface area contributed by atoms with Crippen molar-refractivity contribution in [1.29, 1.82) is 0 Å². The Morgan fingerprint density at radius 2 is 1.95 bits per heavy atom. The van der Waals surface area contributed by atoms with Crippen LogP contribution in [0.25, 0.3) is 0 Å². The molecule has 2 bridgehead atoms. The molecule has 0 aromatic heterocycles.